The molecule has 186 valence electrons. The largest absolute Gasteiger partial charge is 0.494 e. The van der Waals surface area contributed by atoms with Gasteiger partial charge < -0.3 is 14.6 Å². The Morgan fingerprint density at radius 2 is 1.92 bits per heavy atom. The fourth-order valence-corrected chi connectivity index (χ4v) is 5.20. The molecule has 0 unspecified atom stereocenters. The molecular weight excluding hydrogens is 512 g/mol. The van der Waals surface area contributed by atoms with Gasteiger partial charge in [-0.1, -0.05) is 41.9 Å². The number of aliphatic imine (C=N–C) groups is 1. The number of hydrogen-bond donors (Lipinski definition) is 1. The molecule has 0 aliphatic carbocycles. The normalized spacial score (nSPS) is 15.5. The highest BCUT2D eigenvalue weighted by Crippen LogP contribution is 2.36. The number of amides is 1. The third-order valence-electron chi connectivity index (χ3n) is 6.06. The number of para-hydroxylation sites is 1. The number of nitrogens with one attached hydrogen (secondary N) is 1. The van der Waals surface area contributed by atoms with E-state index in [1.54, 1.807) is 37.4 Å². The third kappa shape index (κ3) is 4.96. The summed E-state index contributed by atoms with van der Waals surface area (Å²) in [5.41, 5.74) is 4.42. The van der Waals surface area contributed by atoms with E-state index in [4.69, 9.17) is 16.3 Å². The van der Waals surface area contributed by atoms with Crippen LogP contribution >= 0.6 is 23.4 Å². The van der Waals surface area contributed by atoms with Gasteiger partial charge in [0.15, 0.2) is 5.17 Å². The lowest BCUT2D eigenvalue weighted by atomic mass is 10.1. The minimum Gasteiger partial charge on any atom is -0.494 e. The van der Waals surface area contributed by atoms with Crippen LogP contribution in [-0.2, 0) is 11.3 Å². The fourth-order valence-electron chi connectivity index (χ4n) is 4.22. The number of nitro groups is 1. The topological polar surface area (TPSA) is 98.8 Å². The number of aromatic nitrogens is 1. The third-order valence-corrected chi connectivity index (χ3v) is 7.20. The van der Waals surface area contributed by atoms with Gasteiger partial charge in [-0.05, 0) is 54.6 Å². The Bertz CT molecular complexity index is 1610. The van der Waals surface area contributed by atoms with Crippen molar-refractivity contribution in [3.63, 3.8) is 0 Å². The predicted octanol–water partition coefficient (Wildman–Crippen LogP) is 6.46. The van der Waals surface area contributed by atoms with Gasteiger partial charge in [-0.25, -0.2) is 4.99 Å². The zero-order chi connectivity index (χ0) is 26.1. The predicted molar refractivity (Wildman–Crippen MR) is 148 cm³/mol. The van der Waals surface area contributed by atoms with Crippen LogP contribution in [0.5, 0.6) is 5.75 Å². The molecule has 1 amide bonds. The molecule has 1 aromatic heterocycles. The quantitative estimate of drug-likeness (QED) is 0.174. The van der Waals surface area contributed by atoms with Crippen molar-refractivity contribution in [2.45, 2.75) is 13.5 Å². The van der Waals surface area contributed by atoms with E-state index < -0.39 is 4.92 Å². The number of nitro benzene ring substituents is 1. The number of amidine groups is 1. The fraction of sp³-hybridized carbons (Fsp3) is 0.111. The SMILES string of the molecule is COc1ccc(Cl)cc1N=C1NC(=O)/C(=C/c2c(C)n(Cc3ccc([N+](=O)[O-])cc3)c3ccccc23)S1. The molecule has 1 saturated heterocycles. The average molecular weight is 533 g/mol. The van der Waals surface area contributed by atoms with Crippen molar-refractivity contribution >= 4 is 62.8 Å². The van der Waals surface area contributed by atoms with Crippen LogP contribution in [0.3, 0.4) is 0 Å². The van der Waals surface area contributed by atoms with Gasteiger partial charge in [0.25, 0.3) is 11.6 Å². The Morgan fingerprint density at radius 1 is 1.16 bits per heavy atom. The number of ether oxygens (including phenoxy) is 1. The highest BCUT2D eigenvalue weighted by Gasteiger charge is 2.25. The summed E-state index contributed by atoms with van der Waals surface area (Å²) in [5.74, 6) is 0.311. The maximum absolute atomic E-state index is 12.8. The number of hydrogen-bond acceptors (Lipinski definition) is 6. The van der Waals surface area contributed by atoms with E-state index in [0.29, 0.717) is 33.1 Å². The standard InChI is InChI=1S/C27H21ClN4O4S/c1-16-21(14-25-26(33)30-27(37-25)29-22-13-18(28)9-12-24(22)36-2)20-5-3-4-6-23(20)31(16)15-17-7-10-19(11-8-17)32(34)35/h3-14H,15H2,1-2H3,(H,29,30,33)/b25-14-. The number of methoxy groups -OCH3 is 1. The van der Waals surface area contributed by atoms with E-state index in [0.717, 1.165) is 27.7 Å². The molecule has 10 heteroatoms. The van der Waals surface area contributed by atoms with Gasteiger partial charge in [0.2, 0.25) is 0 Å². The van der Waals surface area contributed by atoms with Crippen LogP contribution in [0.25, 0.3) is 17.0 Å². The molecule has 2 heterocycles. The molecule has 1 fully saturated rings. The van der Waals surface area contributed by atoms with Gasteiger partial charge in [0, 0.05) is 45.9 Å². The zero-order valence-electron chi connectivity index (χ0n) is 19.9. The van der Waals surface area contributed by atoms with Crippen LogP contribution in [0.15, 0.2) is 76.6 Å². The van der Waals surface area contributed by atoms with Crippen molar-refractivity contribution in [3.05, 3.63) is 104 Å². The number of carbonyl (C=O) groups excluding carboxylic acids is 1. The number of rotatable bonds is 6. The summed E-state index contributed by atoms with van der Waals surface area (Å²) in [6.07, 6.45) is 1.88. The van der Waals surface area contributed by atoms with E-state index >= 15 is 0 Å². The van der Waals surface area contributed by atoms with E-state index in [1.807, 2.05) is 37.3 Å². The van der Waals surface area contributed by atoms with Gasteiger partial charge in [-0.15, -0.1) is 0 Å². The molecule has 4 aromatic rings. The summed E-state index contributed by atoms with van der Waals surface area (Å²) in [4.78, 5) is 28.5. The first-order valence-electron chi connectivity index (χ1n) is 11.3. The zero-order valence-corrected chi connectivity index (χ0v) is 21.5. The molecule has 0 spiro atoms. The lowest BCUT2D eigenvalue weighted by molar-refractivity contribution is -0.384. The van der Waals surface area contributed by atoms with Crippen molar-refractivity contribution in [3.8, 4) is 5.75 Å². The first-order valence-corrected chi connectivity index (χ1v) is 12.5. The van der Waals surface area contributed by atoms with Crippen molar-refractivity contribution in [1.82, 2.24) is 9.88 Å². The summed E-state index contributed by atoms with van der Waals surface area (Å²) in [6.45, 7) is 2.54. The Morgan fingerprint density at radius 3 is 2.65 bits per heavy atom. The van der Waals surface area contributed by atoms with Gasteiger partial charge in [-0.2, -0.15) is 0 Å². The number of benzene rings is 3. The summed E-state index contributed by atoms with van der Waals surface area (Å²) in [6, 6.07) is 19.6. The number of thioether (sulfide) groups is 1. The molecule has 0 atom stereocenters. The number of carbonyl (C=O) groups is 1. The molecule has 1 aliphatic rings. The summed E-state index contributed by atoms with van der Waals surface area (Å²) in [5, 5.41) is 15.8. The molecule has 8 nitrogen and oxygen atoms in total. The molecule has 0 radical (unpaired) electrons. The summed E-state index contributed by atoms with van der Waals surface area (Å²) < 4.78 is 7.50. The first-order chi connectivity index (χ1) is 17.8. The van der Waals surface area contributed by atoms with Crippen LogP contribution < -0.4 is 10.1 Å². The lowest BCUT2D eigenvalue weighted by Gasteiger charge is -2.09. The average Bonchev–Trinajstić information content (AvgIpc) is 3.36. The molecule has 0 bridgehead atoms. The molecule has 0 saturated carbocycles. The monoisotopic (exact) mass is 532 g/mol. The van der Waals surface area contributed by atoms with E-state index in [1.165, 1.54) is 23.9 Å². The van der Waals surface area contributed by atoms with Gasteiger partial charge >= 0.3 is 0 Å². The minimum atomic E-state index is -0.408. The van der Waals surface area contributed by atoms with Crippen molar-refractivity contribution in [2.24, 2.45) is 4.99 Å². The second-order valence-electron chi connectivity index (χ2n) is 8.32. The van der Waals surface area contributed by atoms with Crippen LogP contribution in [0, 0.1) is 17.0 Å². The maximum Gasteiger partial charge on any atom is 0.269 e. The second kappa shape index (κ2) is 10.1. The number of nitrogens with zero attached hydrogens (tertiary/aromatic N) is 3. The molecular formula is C27H21ClN4O4S. The van der Waals surface area contributed by atoms with Crippen LogP contribution in [0.4, 0.5) is 11.4 Å². The Kier molecular flexibility index (Phi) is 6.73. The molecule has 5 rings (SSSR count). The first kappa shape index (κ1) is 24.6. The van der Waals surface area contributed by atoms with Gasteiger partial charge in [0.05, 0.1) is 16.9 Å². The Labute approximate surface area is 221 Å². The number of halogens is 1. The minimum absolute atomic E-state index is 0.0559. The van der Waals surface area contributed by atoms with E-state index in [9.17, 15) is 14.9 Å². The van der Waals surface area contributed by atoms with E-state index in [-0.39, 0.29) is 11.6 Å². The van der Waals surface area contributed by atoms with Gasteiger partial charge in [0.1, 0.15) is 11.4 Å². The summed E-state index contributed by atoms with van der Waals surface area (Å²) in [7, 11) is 1.55. The van der Waals surface area contributed by atoms with E-state index in [2.05, 4.69) is 14.9 Å². The smallest absolute Gasteiger partial charge is 0.269 e. The van der Waals surface area contributed by atoms with Crippen molar-refractivity contribution < 1.29 is 14.5 Å². The number of non-ortho nitro benzene ring substituents is 1. The lowest BCUT2D eigenvalue weighted by Crippen LogP contribution is -2.19. The van der Waals surface area contributed by atoms with Crippen LogP contribution in [-0.4, -0.2) is 27.7 Å². The summed E-state index contributed by atoms with van der Waals surface area (Å²) >= 11 is 7.36. The highest BCUT2D eigenvalue weighted by atomic mass is 35.5. The maximum atomic E-state index is 12.8. The van der Waals surface area contributed by atoms with Crippen LogP contribution in [0.2, 0.25) is 5.02 Å². The van der Waals surface area contributed by atoms with Gasteiger partial charge in [-0.3, -0.25) is 14.9 Å². The van der Waals surface area contributed by atoms with Crippen molar-refractivity contribution in [2.75, 3.05) is 7.11 Å². The molecule has 1 N–H and O–H groups in total. The Balaban J connectivity index is 1.50. The molecule has 37 heavy (non-hydrogen) atoms. The highest BCUT2D eigenvalue weighted by molar-refractivity contribution is 8.18. The Hall–Kier alpha value is -4.08. The van der Waals surface area contributed by atoms with Crippen LogP contribution in [0.1, 0.15) is 16.8 Å². The second-order valence-corrected chi connectivity index (χ2v) is 9.79. The van der Waals surface area contributed by atoms with Crippen molar-refractivity contribution in [1.29, 1.82) is 0 Å². The number of fused-ring (bicyclic) bond motifs is 1. The molecule has 1 aliphatic heterocycles. The molecule has 3 aromatic carbocycles.